The van der Waals surface area contributed by atoms with Crippen LogP contribution in [0.5, 0.6) is 0 Å². The first-order chi connectivity index (χ1) is 15.2. The number of amides is 1. The normalized spacial score (nSPS) is 10.7. The molecule has 0 aliphatic carbocycles. The molecule has 1 amide bonds. The molecule has 3 aromatic carbocycles. The maximum Gasteiger partial charge on any atom is 0.303 e. The van der Waals surface area contributed by atoms with E-state index in [0.29, 0.717) is 17.7 Å². The monoisotopic (exact) mass is 411 g/mol. The Balaban J connectivity index is 1.64. The van der Waals surface area contributed by atoms with Crippen LogP contribution in [0.3, 0.4) is 0 Å². The summed E-state index contributed by atoms with van der Waals surface area (Å²) in [5.41, 5.74) is 4.71. The quantitative estimate of drug-likeness (QED) is 0.344. The first-order valence-corrected chi connectivity index (χ1v) is 10.2. The van der Waals surface area contributed by atoms with Gasteiger partial charge in [-0.05, 0) is 38.2 Å². The zero-order valence-electron chi connectivity index (χ0n) is 17.3. The fourth-order valence-electron chi connectivity index (χ4n) is 3.50. The molecule has 0 aliphatic rings. The SMILES string of the molecule is CNCCCNC(=O)c1ccc(-c2nn(-c3ccc([C+]=O)cc3)c3ccccc23)cc1. The van der Waals surface area contributed by atoms with Gasteiger partial charge in [0.05, 0.1) is 23.3 Å². The van der Waals surface area contributed by atoms with Crippen LogP contribution < -0.4 is 10.6 Å². The predicted molar refractivity (Wildman–Crippen MR) is 122 cm³/mol. The molecule has 4 rings (SSSR count). The Morgan fingerprint density at radius 2 is 1.71 bits per heavy atom. The van der Waals surface area contributed by atoms with Crippen LogP contribution >= 0.6 is 0 Å². The number of nitrogens with one attached hydrogen (secondary N) is 2. The van der Waals surface area contributed by atoms with Crippen molar-refractivity contribution in [2.24, 2.45) is 0 Å². The van der Waals surface area contributed by atoms with E-state index in [4.69, 9.17) is 5.10 Å². The lowest BCUT2D eigenvalue weighted by atomic mass is 10.1. The largest absolute Gasteiger partial charge is 0.352 e. The minimum atomic E-state index is -0.0786. The number of carbonyl (C=O) groups excluding carboxylic acids is 2. The maximum atomic E-state index is 12.3. The number of nitrogens with zero attached hydrogens (tertiary/aromatic N) is 2. The lowest BCUT2D eigenvalue weighted by molar-refractivity contribution is 0.0953. The van der Waals surface area contributed by atoms with Gasteiger partial charge in [0, 0.05) is 35.2 Å². The summed E-state index contributed by atoms with van der Waals surface area (Å²) in [4.78, 5) is 23.2. The van der Waals surface area contributed by atoms with Gasteiger partial charge in [0.2, 0.25) is 5.56 Å². The predicted octanol–water partition coefficient (Wildman–Crippen LogP) is 3.49. The maximum absolute atomic E-state index is 12.3. The van der Waals surface area contributed by atoms with Crippen molar-refractivity contribution >= 4 is 23.1 Å². The number of benzene rings is 3. The number of hydrogen-bond donors (Lipinski definition) is 2. The van der Waals surface area contributed by atoms with E-state index in [2.05, 4.69) is 10.6 Å². The average Bonchev–Trinajstić information content (AvgIpc) is 3.21. The molecule has 0 saturated heterocycles. The Kier molecular flexibility index (Phi) is 6.13. The van der Waals surface area contributed by atoms with E-state index < -0.39 is 0 Å². The van der Waals surface area contributed by atoms with Gasteiger partial charge in [-0.2, -0.15) is 5.10 Å². The molecule has 0 spiro atoms. The summed E-state index contributed by atoms with van der Waals surface area (Å²) in [6.45, 7) is 1.50. The van der Waals surface area contributed by atoms with E-state index in [1.54, 1.807) is 12.1 Å². The average molecular weight is 411 g/mol. The Morgan fingerprint density at radius 3 is 2.42 bits per heavy atom. The van der Waals surface area contributed by atoms with E-state index >= 15 is 0 Å². The summed E-state index contributed by atoms with van der Waals surface area (Å²) >= 11 is 0. The van der Waals surface area contributed by atoms with Crippen LogP contribution in [0, 0.1) is 0 Å². The highest BCUT2D eigenvalue weighted by Gasteiger charge is 2.15. The van der Waals surface area contributed by atoms with Gasteiger partial charge in [-0.1, -0.05) is 30.3 Å². The first-order valence-electron chi connectivity index (χ1n) is 10.2. The topological polar surface area (TPSA) is 76.0 Å². The molecular formula is C25H23N4O2+. The molecule has 0 unspecified atom stereocenters. The molecule has 4 aromatic rings. The van der Waals surface area contributed by atoms with Crippen LogP contribution in [0.2, 0.25) is 0 Å². The van der Waals surface area contributed by atoms with Crippen molar-refractivity contribution in [3.63, 3.8) is 0 Å². The second kappa shape index (κ2) is 9.30. The minimum absolute atomic E-state index is 0.0786. The van der Waals surface area contributed by atoms with Crippen molar-refractivity contribution in [1.82, 2.24) is 20.4 Å². The van der Waals surface area contributed by atoms with Crippen LogP contribution in [0.1, 0.15) is 22.3 Å². The highest BCUT2D eigenvalue weighted by molar-refractivity contribution is 5.97. The number of carbonyl (C=O) groups is 1. The first kappa shape index (κ1) is 20.4. The molecular weight excluding hydrogens is 388 g/mol. The molecule has 0 bridgehead atoms. The fraction of sp³-hybridized carbons (Fsp3) is 0.160. The van der Waals surface area contributed by atoms with Crippen LogP contribution in [0.15, 0.2) is 72.8 Å². The van der Waals surface area contributed by atoms with Crippen molar-refractivity contribution in [3.8, 4) is 16.9 Å². The van der Waals surface area contributed by atoms with Crippen LogP contribution in [0.25, 0.3) is 27.8 Å². The molecule has 6 heteroatoms. The third kappa shape index (κ3) is 4.36. The summed E-state index contributed by atoms with van der Waals surface area (Å²) in [6.07, 6.45) is 2.78. The molecule has 2 N–H and O–H groups in total. The second-order valence-electron chi connectivity index (χ2n) is 7.22. The zero-order chi connectivity index (χ0) is 21.6. The standard InChI is InChI=1S/C25H22N4O2/c1-26-15-4-16-27-25(31)20-11-9-19(10-12-20)24-22-5-2-3-6-23(22)29(28-24)21-13-7-18(17-30)8-14-21/h2-3,5-14,26H,4,15-16H2,1H3/p+1. The molecule has 31 heavy (non-hydrogen) atoms. The van der Waals surface area contributed by atoms with Crippen molar-refractivity contribution in [3.05, 3.63) is 83.9 Å². The fourth-order valence-corrected chi connectivity index (χ4v) is 3.50. The number of aromatic nitrogens is 2. The highest BCUT2D eigenvalue weighted by Crippen LogP contribution is 2.30. The Bertz CT molecular complexity index is 1190. The molecule has 0 radical (unpaired) electrons. The number of para-hydroxylation sites is 1. The van der Waals surface area contributed by atoms with E-state index in [0.717, 1.165) is 40.8 Å². The zero-order valence-corrected chi connectivity index (χ0v) is 17.3. The molecule has 1 heterocycles. The lowest BCUT2D eigenvalue weighted by Crippen LogP contribution is -2.26. The van der Waals surface area contributed by atoms with E-state index in [1.165, 1.54) is 0 Å². The smallest absolute Gasteiger partial charge is 0.303 e. The van der Waals surface area contributed by atoms with Gasteiger partial charge in [0.25, 0.3) is 5.91 Å². The van der Waals surface area contributed by atoms with Gasteiger partial charge in [0.15, 0.2) is 0 Å². The number of fused-ring (bicyclic) bond motifs is 1. The van der Waals surface area contributed by atoms with Gasteiger partial charge in [-0.25, -0.2) is 4.68 Å². The minimum Gasteiger partial charge on any atom is -0.352 e. The van der Waals surface area contributed by atoms with Crippen LogP contribution in [0.4, 0.5) is 0 Å². The Morgan fingerprint density at radius 1 is 0.968 bits per heavy atom. The number of rotatable bonds is 8. The summed E-state index contributed by atoms with van der Waals surface area (Å²) in [5.74, 6) is -0.0786. The lowest BCUT2D eigenvalue weighted by Gasteiger charge is -2.06. The summed E-state index contributed by atoms with van der Waals surface area (Å²) in [7, 11) is 1.89. The van der Waals surface area contributed by atoms with E-state index in [1.807, 2.05) is 78.7 Å². The Hall–Kier alpha value is -3.86. The summed E-state index contributed by atoms with van der Waals surface area (Å²) in [6, 6.07) is 22.6. The molecule has 6 nitrogen and oxygen atoms in total. The van der Waals surface area contributed by atoms with Gasteiger partial charge in [0.1, 0.15) is 5.69 Å². The van der Waals surface area contributed by atoms with Gasteiger partial charge < -0.3 is 10.6 Å². The van der Waals surface area contributed by atoms with Crippen LogP contribution in [-0.4, -0.2) is 42.1 Å². The molecule has 0 fully saturated rings. The van der Waals surface area contributed by atoms with Crippen molar-refractivity contribution in [2.75, 3.05) is 20.1 Å². The Labute approximate surface area is 180 Å². The molecule has 0 aliphatic heterocycles. The van der Waals surface area contributed by atoms with E-state index in [9.17, 15) is 9.59 Å². The van der Waals surface area contributed by atoms with Gasteiger partial charge in [-0.3, -0.25) is 4.79 Å². The molecule has 0 atom stereocenters. The number of hydrogen-bond acceptors (Lipinski definition) is 4. The third-order valence-electron chi connectivity index (χ3n) is 5.13. The summed E-state index contributed by atoms with van der Waals surface area (Å²) in [5, 5.41) is 11.8. The van der Waals surface area contributed by atoms with Gasteiger partial charge >= 0.3 is 6.29 Å². The highest BCUT2D eigenvalue weighted by atomic mass is 16.1. The summed E-state index contributed by atoms with van der Waals surface area (Å²) < 4.78 is 1.86. The van der Waals surface area contributed by atoms with Crippen molar-refractivity contribution < 1.29 is 9.59 Å². The second-order valence-corrected chi connectivity index (χ2v) is 7.22. The van der Waals surface area contributed by atoms with Crippen LogP contribution in [-0.2, 0) is 4.79 Å². The molecule has 154 valence electrons. The molecule has 0 saturated carbocycles. The van der Waals surface area contributed by atoms with Gasteiger partial charge in [-0.15, -0.1) is 4.79 Å². The van der Waals surface area contributed by atoms with E-state index in [-0.39, 0.29) is 5.91 Å². The third-order valence-corrected chi connectivity index (χ3v) is 5.13. The molecule has 1 aromatic heterocycles. The van der Waals surface area contributed by atoms with Crippen molar-refractivity contribution in [1.29, 1.82) is 0 Å². The van der Waals surface area contributed by atoms with Crippen molar-refractivity contribution in [2.45, 2.75) is 6.42 Å².